The Labute approximate surface area is 225 Å². The van der Waals surface area contributed by atoms with Gasteiger partial charge in [0.05, 0.1) is 0 Å². The van der Waals surface area contributed by atoms with Crippen LogP contribution in [0.2, 0.25) is 0 Å². The van der Waals surface area contributed by atoms with E-state index in [1.807, 2.05) is 6.92 Å². The van der Waals surface area contributed by atoms with Crippen LogP contribution < -0.4 is 16.0 Å². The molecule has 1 amide bonds. The van der Waals surface area contributed by atoms with Crippen LogP contribution in [0.5, 0.6) is 0 Å². The van der Waals surface area contributed by atoms with Crippen LogP contribution in [-0.2, 0) is 14.4 Å². The second-order valence-corrected chi connectivity index (χ2v) is 10.0. The zero-order valence-electron chi connectivity index (χ0n) is 22.1. The standard InChI is InChI=1S/C25H46N6O5S/c1-20(30-21(24(33)34)9-2-4-14-28-16-12-26)8-6-18-37-19-7-11-23(32)31-22(25(35)36)10-3-5-15-29-17-13-27/h12-13,21-22,26-29H,2-11,14-19H2,1H3,(H,31,32)(H,33,34)(H,35,36). The summed E-state index contributed by atoms with van der Waals surface area (Å²) in [5.74, 6) is -0.490. The third-order valence-electron chi connectivity index (χ3n) is 5.48. The maximum Gasteiger partial charge on any atom is 0.328 e. The van der Waals surface area contributed by atoms with E-state index in [0.29, 0.717) is 45.3 Å². The molecule has 212 valence electrons. The molecule has 0 saturated carbocycles. The van der Waals surface area contributed by atoms with E-state index >= 15 is 0 Å². The van der Waals surface area contributed by atoms with E-state index in [-0.39, 0.29) is 12.3 Å². The van der Waals surface area contributed by atoms with Crippen molar-refractivity contribution in [3.8, 4) is 0 Å². The van der Waals surface area contributed by atoms with Crippen molar-refractivity contribution >= 4 is 47.7 Å². The van der Waals surface area contributed by atoms with Crippen LogP contribution in [0.3, 0.4) is 0 Å². The fourth-order valence-electron chi connectivity index (χ4n) is 3.50. The highest BCUT2D eigenvalue weighted by Gasteiger charge is 2.19. The number of carbonyl (C=O) groups is 3. The molecule has 7 N–H and O–H groups in total. The second-order valence-electron chi connectivity index (χ2n) is 8.80. The van der Waals surface area contributed by atoms with E-state index in [0.717, 1.165) is 55.9 Å². The third kappa shape index (κ3) is 21.5. The van der Waals surface area contributed by atoms with Crippen molar-refractivity contribution in [1.82, 2.24) is 16.0 Å². The Morgan fingerprint density at radius 2 is 1.41 bits per heavy atom. The molecule has 0 aliphatic carbocycles. The third-order valence-corrected chi connectivity index (χ3v) is 6.64. The molecule has 0 radical (unpaired) electrons. The van der Waals surface area contributed by atoms with Gasteiger partial charge in [0, 0.05) is 37.7 Å². The monoisotopic (exact) mass is 542 g/mol. The highest BCUT2D eigenvalue weighted by atomic mass is 32.2. The van der Waals surface area contributed by atoms with Crippen LogP contribution in [0.1, 0.15) is 71.1 Å². The van der Waals surface area contributed by atoms with Crippen molar-refractivity contribution in [3.63, 3.8) is 0 Å². The normalized spacial score (nSPS) is 13.1. The molecule has 0 rings (SSSR count). The van der Waals surface area contributed by atoms with Crippen LogP contribution in [0, 0.1) is 10.8 Å². The first-order valence-electron chi connectivity index (χ1n) is 13.1. The summed E-state index contributed by atoms with van der Waals surface area (Å²) in [6, 6.07) is -1.59. The SMILES string of the molecule is CC(CCCSCCCC(=O)NC(CCCCNCC=N)C(=O)O)=NC(CCCCNCC=N)C(=O)O. The van der Waals surface area contributed by atoms with Crippen molar-refractivity contribution in [2.24, 2.45) is 4.99 Å². The quantitative estimate of drug-likeness (QED) is 0.0641. The van der Waals surface area contributed by atoms with E-state index < -0.39 is 24.0 Å². The fourth-order valence-corrected chi connectivity index (χ4v) is 4.40. The molecule has 11 nitrogen and oxygen atoms in total. The summed E-state index contributed by atoms with van der Waals surface area (Å²) in [5.41, 5.74) is 0.833. The van der Waals surface area contributed by atoms with Gasteiger partial charge in [0.25, 0.3) is 0 Å². The van der Waals surface area contributed by atoms with E-state index in [2.05, 4.69) is 20.9 Å². The summed E-state index contributed by atoms with van der Waals surface area (Å²) in [6.45, 7) is 4.37. The Morgan fingerprint density at radius 3 is 1.95 bits per heavy atom. The largest absolute Gasteiger partial charge is 0.480 e. The lowest BCUT2D eigenvalue weighted by Gasteiger charge is -2.14. The summed E-state index contributed by atoms with van der Waals surface area (Å²) < 4.78 is 0. The van der Waals surface area contributed by atoms with Crippen LogP contribution in [0.4, 0.5) is 0 Å². The van der Waals surface area contributed by atoms with Gasteiger partial charge in [-0.1, -0.05) is 0 Å². The van der Waals surface area contributed by atoms with Crippen LogP contribution >= 0.6 is 11.8 Å². The molecule has 0 spiro atoms. The lowest BCUT2D eigenvalue weighted by molar-refractivity contribution is -0.142. The van der Waals surface area contributed by atoms with Crippen molar-refractivity contribution in [3.05, 3.63) is 0 Å². The van der Waals surface area contributed by atoms with E-state index in [4.69, 9.17) is 10.8 Å². The van der Waals surface area contributed by atoms with Crippen molar-refractivity contribution in [2.75, 3.05) is 37.7 Å². The maximum atomic E-state index is 12.1. The van der Waals surface area contributed by atoms with Gasteiger partial charge in [0.2, 0.25) is 5.91 Å². The first-order valence-corrected chi connectivity index (χ1v) is 14.2. The highest BCUT2D eigenvalue weighted by Crippen LogP contribution is 2.11. The van der Waals surface area contributed by atoms with Gasteiger partial charge >= 0.3 is 11.9 Å². The summed E-state index contributed by atoms with van der Waals surface area (Å²) in [6.07, 6.45) is 9.10. The van der Waals surface area contributed by atoms with Gasteiger partial charge in [0.15, 0.2) is 0 Å². The van der Waals surface area contributed by atoms with Crippen LogP contribution in [0.25, 0.3) is 0 Å². The predicted octanol–water partition coefficient (Wildman–Crippen LogP) is 2.58. The topological polar surface area (TPSA) is 188 Å². The van der Waals surface area contributed by atoms with Crippen molar-refractivity contribution in [2.45, 2.75) is 83.2 Å². The minimum absolute atomic E-state index is 0.247. The summed E-state index contributed by atoms with van der Waals surface area (Å²) in [5, 5.41) is 41.4. The molecule has 0 bridgehead atoms. The molecule has 0 aromatic carbocycles. The zero-order valence-corrected chi connectivity index (χ0v) is 22.9. The summed E-state index contributed by atoms with van der Waals surface area (Å²) in [7, 11) is 0. The number of aliphatic imine (C=N–C) groups is 1. The minimum atomic E-state index is -1.02. The highest BCUT2D eigenvalue weighted by molar-refractivity contribution is 7.99. The Morgan fingerprint density at radius 1 is 0.838 bits per heavy atom. The Hall–Kier alpha value is -2.31. The second kappa shape index (κ2) is 24.1. The molecule has 2 atom stereocenters. The number of hydrogen-bond acceptors (Lipinski definition) is 9. The van der Waals surface area contributed by atoms with Gasteiger partial charge in [-0.3, -0.25) is 9.79 Å². The molecule has 12 heteroatoms. The Kier molecular flexibility index (Phi) is 22.5. The fraction of sp³-hybridized carbons (Fsp3) is 0.760. The van der Waals surface area contributed by atoms with E-state index in [9.17, 15) is 24.6 Å². The molecule has 0 heterocycles. The Balaban J connectivity index is 4.02. The summed E-state index contributed by atoms with van der Waals surface area (Å²) in [4.78, 5) is 39.4. The number of thioether (sulfide) groups is 1. The van der Waals surface area contributed by atoms with Gasteiger partial charge in [-0.15, -0.1) is 0 Å². The lowest BCUT2D eigenvalue weighted by atomic mass is 10.1. The van der Waals surface area contributed by atoms with Gasteiger partial charge in [-0.05, 0) is 89.3 Å². The van der Waals surface area contributed by atoms with Gasteiger partial charge < -0.3 is 37.0 Å². The van der Waals surface area contributed by atoms with Gasteiger partial charge in [-0.2, -0.15) is 11.8 Å². The molecule has 0 fully saturated rings. The minimum Gasteiger partial charge on any atom is -0.480 e. The smallest absolute Gasteiger partial charge is 0.328 e. The molecule has 37 heavy (non-hydrogen) atoms. The molecule has 0 saturated heterocycles. The number of nitrogens with zero attached hydrogens (tertiary/aromatic N) is 1. The number of amides is 1. The molecule has 0 aliphatic rings. The molecule has 2 unspecified atom stereocenters. The van der Waals surface area contributed by atoms with Crippen LogP contribution in [-0.4, -0.2) is 96.0 Å². The summed E-state index contributed by atoms with van der Waals surface area (Å²) >= 11 is 1.72. The number of rotatable bonds is 26. The average molecular weight is 543 g/mol. The number of carboxylic acid groups (broad SMARTS) is 2. The molecule has 0 aliphatic heterocycles. The number of carbonyl (C=O) groups excluding carboxylic acids is 1. The van der Waals surface area contributed by atoms with Gasteiger partial charge in [-0.25, -0.2) is 9.59 Å². The van der Waals surface area contributed by atoms with E-state index in [1.54, 1.807) is 11.8 Å². The van der Waals surface area contributed by atoms with E-state index in [1.165, 1.54) is 12.4 Å². The molecular weight excluding hydrogens is 496 g/mol. The average Bonchev–Trinajstić information content (AvgIpc) is 2.85. The molecular formula is C25H46N6O5S. The number of hydrogen-bond donors (Lipinski definition) is 7. The predicted molar refractivity (Wildman–Crippen MR) is 151 cm³/mol. The first-order chi connectivity index (χ1) is 17.8. The molecule has 0 aromatic heterocycles. The number of aliphatic carboxylic acids is 2. The lowest BCUT2D eigenvalue weighted by Crippen LogP contribution is -2.40. The number of nitrogens with one attached hydrogen (secondary N) is 5. The van der Waals surface area contributed by atoms with Crippen LogP contribution in [0.15, 0.2) is 4.99 Å². The Bertz CT molecular complexity index is 707. The number of unbranched alkanes of at least 4 members (excludes halogenated alkanes) is 2. The van der Waals surface area contributed by atoms with Gasteiger partial charge in [0.1, 0.15) is 12.1 Å². The maximum absolute atomic E-state index is 12.1. The zero-order chi connectivity index (χ0) is 27.7. The molecule has 0 aromatic rings. The van der Waals surface area contributed by atoms with Crippen molar-refractivity contribution in [1.29, 1.82) is 10.8 Å². The number of carboxylic acids is 2. The van der Waals surface area contributed by atoms with Crippen molar-refractivity contribution < 1.29 is 24.6 Å². The first kappa shape index (κ1) is 34.7.